The first kappa shape index (κ1) is 15.9. The first-order chi connectivity index (χ1) is 12.1. The molecule has 4 rings (SSSR count). The lowest BCUT2D eigenvalue weighted by Gasteiger charge is -2.16. The summed E-state index contributed by atoms with van der Waals surface area (Å²) in [6.07, 6.45) is 0. The number of anilines is 1. The maximum Gasteiger partial charge on any atom is 0.265 e. The summed E-state index contributed by atoms with van der Waals surface area (Å²) in [5, 5.41) is 2.99. The lowest BCUT2D eigenvalue weighted by atomic mass is 10.0. The van der Waals surface area contributed by atoms with Crippen LogP contribution in [0.2, 0.25) is 0 Å². The van der Waals surface area contributed by atoms with Crippen LogP contribution in [0.3, 0.4) is 0 Å². The third-order valence-electron chi connectivity index (χ3n) is 4.38. The zero-order valence-electron chi connectivity index (χ0n) is 14.2. The van der Waals surface area contributed by atoms with Gasteiger partial charge in [-0.3, -0.25) is 4.79 Å². The van der Waals surface area contributed by atoms with Crippen molar-refractivity contribution in [2.75, 3.05) is 5.32 Å². The van der Waals surface area contributed by atoms with E-state index in [4.69, 9.17) is 4.74 Å². The van der Waals surface area contributed by atoms with Crippen molar-refractivity contribution in [3.05, 3.63) is 70.6 Å². The van der Waals surface area contributed by atoms with E-state index in [1.807, 2.05) is 42.5 Å². The number of fused-ring (bicyclic) bond motifs is 3. The van der Waals surface area contributed by atoms with Crippen LogP contribution < -0.4 is 10.1 Å². The second-order valence-electron chi connectivity index (χ2n) is 6.48. The maximum absolute atomic E-state index is 12.6. The van der Waals surface area contributed by atoms with Crippen molar-refractivity contribution in [1.82, 2.24) is 0 Å². The minimum absolute atomic E-state index is 0.0748. The minimum Gasteiger partial charge on any atom is -0.488 e. The van der Waals surface area contributed by atoms with Crippen molar-refractivity contribution >= 4 is 22.9 Å². The molecular weight excluding hydrogens is 330 g/mol. The molecule has 0 saturated carbocycles. The fraction of sp³-hybridized carbons (Fsp3) is 0.190. The molecule has 1 amide bonds. The van der Waals surface area contributed by atoms with E-state index in [2.05, 4.69) is 31.3 Å². The molecule has 1 aliphatic rings. The van der Waals surface area contributed by atoms with Crippen LogP contribution in [0.5, 0.6) is 5.75 Å². The van der Waals surface area contributed by atoms with Crippen molar-refractivity contribution in [3.8, 4) is 16.2 Å². The molecule has 2 heterocycles. The highest BCUT2D eigenvalue weighted by Crippen LogP contribution is 2.42. The van der Waals surface area contributed by atoms with E-state index in [9.17, 15) is 4.79 Å². The van der Waals surface area contributed by atoms with Crippen molar-refractivity contribution in [1.29, 1.82) is 0 Å². The van der Waals surface area contributed by atoms with Crippen molar-refractivity contribution in [3.63, 3.8) is 0 Å². The molecule has 2 aromatic carbocycles. The fourth-order valence-corrected chi connectivity index (χ4v) is 4.05. The number of amides is 1. The Morgan fingerprint density at radius 2 is 1.88 bits per heavy atom. The maximum atomic E-state index is 12.6. The van der Waals surface area contributed by atoms with Gasteiger partial charge in [-0.25, -0.2) is 0 Å². The molecule has 1 aromatic heterocycles. The Bertz CT molecular complexity index is 925. The van der Waals surface area contributed by atoms with Gasteiger partial charge in [-0.2, -0.15) is 0 Å². The summed E-state index contributed by atoms with van der Waals surface area (Å²) in [4.78, 5) is 14.5. The van der Waals surface area contributed by atoms with Crippen LogP contribution in [0, 0.1) is 0 Å². The number of thiophene rings is 1. The van der Waals surface area contributed by atoms with Gasteiger partial charge in [0, 0.05) is 21.7 Å². The van der Waals surface area contributed by atoms with Gasteiger partial charge in [-0.05, 0) is 41.8 Å². The average molecular weight is 349 g/mol. The standard InChI is InChI=1S/C21H19NO2S/c1-13(2)14-7-9-16(10-8-14)22-21(23)19-11-15-12-24-18-6-4-3-5-17(18)20(15)25-19/h3-11,13H,12H2,1-2H3,(H,22,23). The number of carbonyl (C=O) groups is 1. The zero-order chi connectivity index (χ0) is 17.4. The van der Waals surface area contributed by atoms with Gasteiger partial charge >= 0.3 is 0 Å². The molecule has 4 heteroatoms. The summed E-state index contributed by atoms with van der Waals surface area (Å²) in [7, 11) is 0. The number of ether oxygens (including phenoxy) is 1. The SMILES string of the molecule is CC(C)c1ccc(NC(=O)c2cc3c(s2)-c2ccccc2OC3)cc1. The Morgan fingerprint density at radius 3 is 2.64 bits per heavy atom. The molecule has 1 aliphatic heterocycles. The molecule has 0 spiro atoms. The first-order valence-corrected chi connectivity index (χ1v) is 9.19. The van der Waals surface area contributed by atoms with Gasteiger partial charge in [0.2, 0.25) is 0 Å². The largest absolute Gasteiger partial charge is 0.488 e. The van der Waals surface area contributed by atoms with Crippen molar-refractivity contribution in [2.45, 2.75) is 26.4 Å². The number of nitrogens with one attached hydrogen (secondary N) is 1. The van der Waals surface area contributed by atoms with Gasteiger partial charge in [-0.15, -0.1) is 11.3 Å². The van der Waals surface area contributed by atoms with E-state index < -0.39 is 0 Å². The van der Waals surface area contributed by atoms with Crippen LogP contribution in [-0.4, -0.2) is 5.91 Å². The highest BCUT2D eigenvalue weighted by molar-refractivity contribution is 7.17. The Morgan fingerprint density at radius 1 is 1.12 bits per heavy atom. The van der Waals surface area contributed by atoms with Gasteiger partial charge in [0.25, 0.3) is 5.91 Å². The fourth-order valence-electron chi connectivity index (χ4n) is 2.96. The predicted molar refractivity (Wildman–Crippen MR) is 103 cm³/mol. The highest BCUT2D eigenvalue weighted by Gasteiger charge is 2.22. The number of para-hydroxylation sites is 1. The Hall–Kier alpha value is -2.59. The molecule has 0 radical (unpaired) electrons. The van der Waals surface area contributed by atoms with Gasteiger partial charge in [0.1, 0.15) is 12.4 Å². The number of hydrogen-bond acceptors (Lipinski definition) is 3. The number of carbonyl (C=O) groups excluding carboxylic acids is 1. The highest BCUT2D eigenvalue weighted by atomic mass is 32.1. The van der Waals surface area contributed by atoms with Crippen LogP contribution in [-0.2, 0) is 6.61 Å². The Balaban J connectivity index is 1.57. The van der Waals surface area contributed by atoms with Crippen LogP contribution >= 0.6 is 11.3 Å². The van der Waals surface area contributed by atoms with Gasteiger partial charge in [-0.1, -0.05) is 38.1 Å². The molecule has 0 fully saturated rings. The molecule has 0 bridgehead atoms. The van der Waals surface area contributed by atoms with Gasteiger partial charge in [0.05, 0.1) is 4.88 Å². The van der Waals surface area contributed by atoms with Gasteiger partial charge < -0.3 is 10.1 Å². The Labute approximate surface area is 151 Å². The summed E-state index contributed by atoms with van der Waals surface area (Å²) < 4.78 is 5.77. The minimum atomic E-state index is -0.0748. The van der Waals surface area contributed by atoms with Crippen LogP contribution in [0.4, 0.5) is 5.69 Å². The topological polar surface area (TPSA) is 38.3 Å². The monoisotopic (exact) mass is 349 g/mol. The summed E-state index contributed by atoms with van der Waals surface area (Å²) in [6, 6.07) is 17.9. The van der Waals surface area contributed by atoms with E-state index in [0.717, 1.165) is 27.4 Å². The molecule has 1 N–H and O–H groups in total. The molecule has 126 valence electrons. The van der Waals surface area contributed by atoms with Gasteiger partial charge in [0.15, 0.2) is 0 Å². The van der Waals surface area contributed by atoms with E-state index in [1.54, 1.807) is 0 Å². The number of hydrogen-bond donors (Lipinski definition) is 1. The normalized spacial score (nSPS) is 12.3. The third kappa shape index (κ3) is 3.05. The lowest BCUT2D eigenvalue weighted by Crippen LogP contribution is -2.10. The first-order valence-electron chi connectivity index (χ1n) is 8.38. The summed E-state index contributed by atoms with van der Waals surface area (Å²) >= 11 is 1.52. The summed E-state index contributed by atoms with van der Waals surface area (Å²) in [5.74, 6) is 1.29. The van der Waals surface area contributed by atoms with E-state index in [0.29, 0.717) is 17.4 Å². The van der Waals surface area contributed by atoms with Crippen molar-refractivity contribution in [2.24, 2.45) is 0 Å². The smallest absolute Gasteiger partial charge is 0.265 e. The van der Waals surface area contributed by atoms with Crippen LogP contribution in [0.1, 0.15) is 40.6 Å². The van der Waals surface area contributed by atoms with Crippen LogP contribution in [0.25, 0.3) is 10.4 Å². The van der Waals surface area contributed by atoms with E-state index in [1.165, 1.54) is 16.9 Å². The molecule has 25 heavy (non-hydrogen) atoms. The second kappa shape index (κ2) is 6.37. The zero-order valence-corrected chi connectivity index (χ0v) is 15.0. The molecular formula is C21H19NO2S. The molecule has 0 saturated heterocycles. The molecule has 0 unspecified atom stereocenters. The van der Waals surface area contributed by atoms with Crippen molar-refractivity contribution < 1.29 is 9.53 Å². The predicted octanol–water partition coefficient (Wildman–Crippen LogP) is 5.68. The van der Waals surface area contributed by atoms with E-state index >= 15 is 0 Å². The summed E-state index contributed by atoms with van der Waals surface area (Å²) in [6.45, 7) is 4.83. The van der Waals surface area contributed by atoms with Crippen LogP contribution in [0.15, 0.2) is 54.6 Å². The average Bonchev–Trinajstić information content (AvgIpc) is 3.07. The molecule has 3 nitrogen and oxygen atoms in total. The summed E-state index contributed by atoms with van der Waals surface area (Å²) in [5.41, 5.74) is 4.22. The molecule has 3 aromatic rings. The number of rotatable bonds is 3. The number of benzene rings is 2. The quantitative estimate of drug-likeness (QED) is 0.660. The molecule has 0 aliphatic carbocycles. The Kier molecular flexibility index (Phi) is 4.06. The molecule has 0 atom stereocenters. The third-order valence-corrected chi connectivity index (χ3v) is 5.59. The second-order valence-corrected chi connectivity index (χ2v) is 7.53. The van der Waals surface area contributed by atoms with E-state index in [-0.39, 0.29) is 5.91 Å². The lowest BCUT2D eigenvalue weighted by molar-refractivity contribution is 0.103.